The maximum absolute atomic E-state index is 10.4. The fraction of sp³-hybridized carbons (Fsp3) is 0.182. The smallest absolute Gasteiger partial charge is 0.207 e. The lowest BCUT2D eigenvalue weighted by Gasteiger charge is -2.11. The number of benzene rings is 1. The molecule has 0 spiro atoms. The van der Waals surface area contributed by atoms with Crippen LogP contribution in [0.25, 0.3) is 10.9 Å². The molecule has 1 atom stereocenters. The summed E-state index contributed by atoms with van der Waals surface area (Å²) in [6, 6.07) is 7.42. The number of fused-ring (bicyclic) bond motifs is 1. The number of H-pyrrole nitrogens is 1. The average molecular weight is 204 g/mol. The van der Waals surface area contributed by atoms with Gasteiger partial charge in [0.1, 0.15) is 0 Å². The second kappa shape index (κ2) is 4.14. The van der Waals surface area contributed by atoms with E-state index in [1.54, 1.807) is 0 Å². The Morgan fingerprint density at radius 2 is 2.27 bits per heavy atom. The zero-order valence-corrected chi connectivity index (χ0v) is 8.10. The molecule has 4 heteroatoms. The Bertz CT molecular complexity index is 464. The van der Waals surface area contributed by atoms with Crippen LogP contribution in [-0.2, 0) is 4.79 Å². The van der Waals surface area contributed by atoms with Gasteiger partial charge in [0.25, 0.3) is 0 Å². The first-order valence-electron chi connectivity index (χ1n) is 4.73. The number of aliphatic hydroxyl groups excluding tert-OH is 1. The lowest BCUT2D eigenvalue weighted by Crippen LogP contribution is -2.22. The number of aromatic amines is 1. The molecule has 1 heterocycles. The van der Waals surface area contributed by atoms with Crippen LogP contribution in [-0.4, -0.2) is 23.1 Å². The van der Waals surface area contributed by atoms with Crippen LogP contribution in [0.1, 0.15) is 11.6 Å². The van der Waals surface area contributed by atoms with Crippen molar-refractivity contribution in [1.82, 2.24) is 10.3 Å². The Hall–Kier alpha value is -1.81. The van der Waals surface area contributed by atoms with Crippen molar-refractivity contribution in [2.24, 2.45) is 0 Å². The van der Waals surface area contributed by atoms with Crippen LogP contribution < -0.4 is 5.32 Å². The topological polar surface area (TPSA) is 65.1 Å². The summed E-state index contributed by atoms with van der Waals surface area (Å²) in [6.45, 7) is -0.111. The first-order valence-corrected chi connectivity index (χ1v) is 4.73. The highest BCUT2D eigenvalue weighted by molar-refractivity contribution is 5.83. The SMILES string of the molecule is O=CNC(CO)c1c[nH]c2ccccc12. The number of hydrogen-bond acceptors (Lipinski definition) is 2. The van der Waals surface area contributed by atoms with Gasteiger partial charge in [-0.25, -0.2) is 0 Å². The molecular weight excluding hydrogens is 192 g/mol. The second-order valence-electron chi connectivity index (χ2n) is 3.31. The molecule has 2 aromatic rings. The summed E-state index contributed by atoms with van der Waals surface area (Å²) < 4.78 is 0. The fourth-order valence-electron chi connectivity index (χ4n) is 1.71. The van der Waals surface area contributed by atoms with Gasteiger partial charge >= 0.3 is 0 Å². The van der Waals surface area contributed by atoms with Crippen molar-refractivity contribution in [2.45, 2.75) is 6.04 Å². The quantitative estimate of drug-likeness (QED) is 0.649. The number of rotatable bonds is 4. The number of hydrogen-bond donors (Lipinski definition) is 3. The zero-order valence-electron chi connectivity index (χ0n) is 8.10. The molecule has 4 nitrogen and oxygen atoms in total. The van der Waals surface area contributed by atoms with Crippen LogP contribution in [0.15, 0.2) is 30.5 Å². The molecule has 15 heavy (non-hydrogen) atoms. The molecule has 0 bridgehead atoms. The van der Waals surface area contributed by atoms with Crippen LogP contribution in [0.4, 0.5) is 0 Å². The van der Waals surface area contributed by atoms with E-state index < -0.39 is 0 Å². The standard InChI is InChI=1S/C11H12N2O2/c14-6-11(13-7-15)9-5-12-10-4-2-1-3-8(9)10/h1-5,7,11-12,14H,6H2,(H,13,15). The lowest BCUT2D eigenvalue weighted by atomic mass is 10.1. The molecule has 0 aliphatic heterocycles. The number of nitrogens with one attached hydrogen (secondary N) is 2. The molecule has 0 aliphatic carbocycles. The number of carbonyl (C=O) groups excluding carboxylic acids is 1. The molecule has 1 amide bonds. The van der Waals surface area contributed by atoms with Crippen molar-refractivity contribution >= 4 is 17.3 Å². The average Bonchev–Trinajstić information content (AvgIpc) is 2.70. The molecular formula is C11H12N2O2. The van der Waals surface area contributed by atoms with Crippen molar-refractivity contribution in [3.05, 3.63) is 36.0 Å². The first kappa shape index (κ1) is 9.73. The molecule has 0 aliphatic rings. The number of para-hydroxylation sites is 1. The normalized spacial score (nSPS) is 12.6. The van der Waals surface area contributed by atoms with Gasteiger partial charge in [0.2, 0.25) is 6.41 Å². The highest BCUT2D eigenvalue weighted by Crippen LogP contribution is 2.23. The monoisotopic (exact) mass is 204 g/mol. The minimum Gasteiger partial charge on any atom is -0.394 e. The summed E-state index contributed by atoms with van der Waals surface area (Å²) in [5.74, 6) is 0. The number of carbonyl (C=O) groups is 1. The van der Waals surface area contributed by atoms with Gasteiger partial charge in [-0.1, -0.05) is 18.2 Å². The summed E-state index contributed by atoms with van der Waals surface area (Å²) in [5, 5.41) is 12.7. The molecule has 2 rings (SSSR count). The van der Waals surface area contributed by atoms with E-state index in [9.17, 15) is 4.79 Å². The molecule has 0 saturated heterocycles. The molecule has 78 valence electrons. The Morgan fingerprint density at radius 3 is 3.00 bits per heavy atom. The van der Waals surface area contributed by atoms with Gasteiger partial charge in [0.15, 0.2) is 0 Å². The van der Waals surface area contributed by atoms with Crippen LogP contribution >= 0.6 is 0 Å². The third kappa shape index (κ3) is 1.71. The van der Waals surface area contributed by atoms with Crippen molar-refractivity contribution in [3.8, 4) is 0 Å². The summed E-state index contributed by atoms with van der Waals surface area (Å²) in [5.41, 5.74) is 1.90. The summed E-state index contributed by atoms with van der Waals surface area (Å²) in [7, 11) is 0. The van der Waals surface area contributed by atoms with Gasteiger partial charge in [-0.15, -0.1) is 0 Å². The van der Waals surface area contributed by atoms with Gasteiger partial charge in [-0.05, 0) is 6.07 Å². The van der Waals surface area contributed by atoms with E-state index in [4.69, 9.17) is 5.11 Å². The minimum atomic E-state index is -0.348. The molecule has 1 unspecified atom stereocenters. The molecule has 1 aromatic heterocycles. The van der Waals surface area contributed by atoms with E-state index in [-0.39, 0.29) is 12.6 Å². The third-order valence-corrected chi connectivity index (χ3v) is 2.45. The second-order valence-corrected chi connectivity index (χ2v) is 3.31. The van der Waals surface area contributed by atoms with Crippen molar-refractivity contribution in [3.63, 3.8) is 0 Å². The van der Waals surface area contributed by atoms with E-state index in [1.165, 1.54) is 0 Å². The summed E-state index contributed by atoms with van der Waals surface area (Å²) >= 11 is 0. The van der Waals surface area contributed by atoms with Crippen LogP contribution in [0, 0.1) is 0 Å². The van der Waals surface area contributed by atoms with E-state index >= 15 is 0 Å². The Balaban J connectivity index is 2.45. The van der Waals surface area contributed by atoms with Gasteiger partial charge in [-0.2, -0.15) is 0 Å². The number of aromatic nitrogens is 1. The third-order valence-electron chi connectivity index (χ3n) is 2.45. The summed E-state index contributed by atoms with van der Waals surface area (Å²) in [4.78, 5) is 13.5. The Labute approximate surface area is 86.9 Å². The minimum absolute atomic E-state index is 0.111. The fourth-order valence-corrected chi connectivity index (χ4v) is 1.71. The molecule has 3 N–H and O–H groups in total. The lowest BCUT2D eigenvalue weighted by molar-refractivity contribution is -0.110. The van der Waals surface area contributed by atoms with Gasteiger partial charge < -0.3 is 15.4 Å². The highest BCUT2D eigenvalue weighted by Gasteiger charge is 2.13. The Kier molecular flexibility index (Phi) is 2.69. The van der Waals surface area contributed by atoms with E-state index in [0.29, 0.717) is 6.41 Å². The van der Waals surface area contributed by atoms with Crippen molar-refractivity contribution < 1.29 is 9.90 Å². The van der Waals surface area contributed by atoms with Gasteiger partial charge in [-0.3, -0.25) is 4.79 Å². The van der Waals surface area contributed by atoms with Gasteiger partial charge in [0, 0.05) is 22.7 Å². The largest absolute Gasteiger partial charge is 0.394 e. The van der Waals surface area contributed by atoms with E-state index in [2.05, 4.69) is 10.3 Å². The van der Waals surface area contributed by atoms with Gasteiger partial charge in [0.05, 0.1) is 12.6 Å². The predicted molar refractivity (Wildman–Crippen MR) is 57.3 cm³/mol. The molecule has 0 fully saturated rings. The molecule has 0 radical (unpaired) electrons. The van der Waals surface area contributed by atoms with E-state index in [1.807, 2.05) is 30.5 Å². The number of amides is 1. The maximum atomic E-state index is 10.4. The molecule has 1 aromatic carbocycles. The van der Waals surface area contributed by atoms with Crippen LogP contribution in [0.5, 0.6) is 0 Å². The van der Waals surface area contributed by atoms with Crippen LogP contribution in [0.3, 0.4) is 0 Å². The number of aliphatic hydroxyl groups is 1. The predicted octanol–water partition coefficient (Wildman–Crippen LogP) is 0.947. The highest BCUT2D eigenvalue weighted by atomic mass is 16.3. The first-order chi connectivity index (χ1) is 7.36. The summed E-state index contributed by atoms with van der Waals surface area (Å²) in [6.07, 6.45) is 2.41. The van der Waals surface area contributed by atoms with Crippen molar-refractivity contribution in [2.75, 3.05) is 6.61 Å². The van der Waals surface area contributed by atoms with E-state index in [0.717, 1.165) is 16.5 Å². The Morgan fingerprint density at radius 1 is 1.47 bits per heavy atom. The maximum Gasteiger partial charge on any atom is 0.207 e. The van der Waals surface area contributed by atoms with Crippen LogP contribution in [0.2, 0.25) is 0 Å². The zero-order chi connectivity index (χ0) is 10.7. The van der Waals surface area contributed by atoms with Crippen molar-refractivity contribution in [1.29, 1.82) is 0 Å². The molecule has 0 saturated carbocycles.